The summed E-state index contributed by atoms with van der Waals surface area (Å²) in [7, 11) is 0. The van der Waals surface area contributed by atoms with Gasteiger partial charge in [-0.3, -0.25) is 4.68 Å². The van der Waals surface area contributed by atoms with Crippen molar-refractivity contribution < 1.29 is 4.79 Å². The van der Waals surface area contributed by atoms with Gasteiger partial charge in [-0.2, -0.15) is 5.10 Å². The molecule has 23 heavy (non-hydrogen) atoms. The number of hydrogen-bond acceptors (Lipinski definition) is 3. The standard InChI is InChI=1S/C17H18N4OS/c1-13-5-2-6-14(11-13)20-17(22)18-12-15(16-7-3-10-23-16)21-9-4-8-19-21/h2-11,15H,12H2,1H3,(H2,18,20,22). The number of amides is 2. The Bertz CT molecular complexity index is 719. The van der Waals surface area contributed by atoms with E-state index in [2.05, 4.69) is 21.8 Å². The molecule has 0 saturated carbocycles. The first kappa shape index (κ1) is 15.3. The normalized spacial score (nSPS) is 11.9. The molecule has 2 aromatic heterocycles. The Morgan fingerprint density at radius 3 is 2.91 bits per heavy atom. The van der Waals surface area contributed by atoms with E-state index in [1.54, 1.807) is 17.5 Å². The van der Waals surface area contributed by atoms with Crippen LogP contribution in [0.2, 0.25) is 0 Å². The second-order valence-electron chi connectivity index (χ2n) is 5.22. The number of carbonyl (C=O) groups excluding carboxylic acids is 1. The number of rotatable bonds is 5. The molecule has 2 N–H and O–H groups in total. The minimum Gasteiger partial charge on any atom is -0.335 e. The molecule has 0 radical (unpaired) electrons. The minimum atomic E-state index is -0.218. The van der Waals surface area contributed by atoms with Crippen molar-refractivity contribution in [2.75, 3.05) is 11.9 Å². The van der Waals surface area contributed by atoms with E-state index in [0.29, 0.717) is 6.54 Å². The van der Waals surface area contributed by atoms with Gasteiger partial charge in [-0.1, -0.05) is 18.2 Å². The van der Waals surface area contributed by atoms with Crippen LogP contribution in [0.1, 0.15) is 16.5 Å². The lowest BCUT2D eigenvalue weighted by Crippen LogP contribution is -2.34. The molecule has 118 valence electrons. The summed E-state index contributed by atoms with van der Waals surface area (Å²) in [6.07, 6.45) is 3.65. The summed E-state index contributed by atoms with van der Waals surface area (Å²) in [6.45, 7) is 2.47. The number of anilines is 1. The molecule has 0 aliphatic heterocycles. The van der Waals surface area contributed by atoms with Gasteiger partial charge in [0.05, 0.1) is 0 Å². The first-order valence-corrected chi connectivity index (χ1v) is 8.24. The topological polar surface area (TPSA) is 59.0 Å². The molecule has 0 aliphatic carbocycles. The summed E-state index contributed by atoms with van der Waals surface area (Å²) in [5, 5.41) is 12.1. The highest BCUT2D eigenvalue weighted by Crippen LogP contribution is 2.21. The fourth-order valence-electron chi connectivity index (χ4n) is 2.36. The van der Waals surface area contributed by atoms with Crippen molar-refractivity contribution in [1.29, 1.82) is 0 Å². The van der Waals surface area contributed by atoms with E-state index in [1.807, 2.05) is 59.6 Å². The third-order valence-electron chi connectivity index (χ3n) is 3.45. The van der Waals surface area contributed by atoms with E-state index in [1.165, 1.54) is 0 Å². The van der Waals surface area contributed by atoms with Gasteiger partial charge in [-0.15, -0.1) is 11.3 Å². The molecular weight excluding hydrogens is 308 g/mol. The molecule has 6 heteroatoms. The van der Waals surface area contributed by atoms with Crippen molar-refractivity contribution in [2.45, 2.75) is 13.0 Å². The lowest BCUT2D eigenvalue weighted by atomic mass is 10.2. The van der Waals surface area contributed by atoms with Gasteiger partial charge in [0.2, 0.25) is 0 Å². The lowest BCUT2D eigenvalue weighted by molar-refractivity contribution is 0.250. The number of urea groups is 1. The predicted molar refractivity (Wildman–Crippen MR) is 92.9 cm³/mol. The van der Waals surface area contributed by atoms with Crippen LogP contribution in [0, 0.1) is 6.92 Å². The second-order valence-corrected chi connectivity index (χ2v) is 6.20. The van der Waals surface area contributed by atoms with E-state index < -0.39 is 0 Å². The zero-order chi connectivity index (χ0) is 16.1. The summed E-state index contributed by atoms with van der Waals surface area (Å²) in [5.74, 6) is 0. The third-order valence-corrected chi connectivity index (χ3v) is 4.42. The Morgan fingerprint density at radius 1 is 1.30 bits per heavy atom. The molecule has 0 aliphatic rings. The summed E-state index contributed by atoms with van der Waals surface area (Å²) >= 11 is 1.65. The van der Waals surface area contributed by atoms with E-state index in [0.717, 1.165) is 16.1 Å². The largest absolute Gasteiger partial charge is 0.335 e. The molecule has 0 saturated heterocycles. The maximum atomic E-state index is 12.1. The van der Waals surface area contributed by atoms with Crippen molar-refractivity contribution in [3.8, 4) is 0 Å². The molecular formula is C17H18N4OS. The maximum absolute atomic E-state index is 12.1. The first-order valence-electron chi connectivity index (χ1n) is 7.36. The van der Waals surface area contributed by atoms with Crippen LogP contribution in [0.4, 0.5) is 10.5 Å². The Morgan fingerprint density at radius 2 is 2.22 bits per heavy atom. The molecule has 3 rings (SSSR count). The molecule has 0 spiro atoms. The van der Waals surface area contributed by atoms with Gasteiger partial charge in [0.1, 0.15) is 6.04 Å². The van der Waals surface area contributed by atoms with Gasteiger partial charge in [0.25, 0.3) is 0 Å². The molecule has 1 atom stereocenters. The van der Waals surface area contributed by atoms with Crippen molar-refractivity contribution in [3.63, 3.8) is 0 Å². The SMILES string of the molecule is Cc1cccc(NC(=O)NCC(c2cccs2)n2cccn2)c1. The number of benzene rings is 1. The molecule has 3 aromatic rings. The molecule has 2 amide bonds. The maximum Gasteiger partial charge on any atom is 0.319 e. The second kappa shape index (κ2) is 7.11. The average Bonchev–Trinajstić information content (AvgIpc) is 3.21. The Kier molecular flexibility index (Phi) is 4.73. The fraction of sp³-hybridized carbons (Fsp3) is 0.176. The lowest BCUT2D eigenvalue weighted by Gasteiger charge is -2.17. The molecule has 0 bridgehead atoms. The van der Waals surface area contributed by atoms with Crippen LogP contribution in [0.25, 0.3) is 0 Å². The smallest absolute Gasteiger partial charge is 0.319 e. The summed E-state index contributed by atoms with van der Waals surface area (Å²) in [4.78, 5) is 13.3. The number of carbonyl (C=O) groups is 1. The van der Waals surface area contributed by atoms with Crippen LogP contribution in [0.3, 0.4) is 0 Å². The van der Waals surface area contributed by atoms with Gasteiger partial charge < -0.3 is 10.6 Å². The van der Waals surface area contributed by atoms with Gasteiger partial charge in [0, 0.05) is 29.5 Å². The van der Waals surface area contributed by atoms with Gasteiger partial charge >= 0.3 is 6.03 Å². The summed E-state index contributed by atoms with van der Waals surface area (Å²) < 4.78 is 1.86. The van der Waals surface area contributed by atoms with Gasteiger partial charge in [-0.05, 0) is 42.1 Å². The Hall–Kier alpha value is -2.60. The number of aryl methyl sites for hydroxylation is 1. The molecule has 2 heterocycles. The number of nitrogens with zero attached hydrogens (tertiary/aromatic N) is 2. The predicted octanol–water partition coefficient (Wildman–Crippen LogP) is 3.66. The first-order chi connectivity index (χ1) is 11.2. The number of aromatic nitrogens is 2. The van der Waals surface area contributed by atoms with E-state index in [9.17, 15) is 4.79 Å². The van der Waals surface area contributed by atoms with Crippen molar-refractivity contribution in [3.05, 3.63) is 70.7 Å². The molecule has 0 fully saturated rings. The Labute approximate surface area is 139 Å². The zero-order valence-electron chi connectivity index (χ0n) is 12.8. The number of thiophene rings is 1. The van der Waals surface area contributed by atoms with Crippen LogP contribution in [0.15, 0.2) is 60.2 Å². The van der Waals surface area contributed by atoms with Crippen LogP contribution in [-0.4, -0.2) is 22.4 Å². The highest BCUT2D eigenvalue weighted by molar-refractivity contribution is 7.10. The highest BCUT2D eigenvalue weighted by Gasteiger charge is 2.16. The third kappa shape index (κ3) is 3.98. The highest BCUT2D eigenvalue weighted by atomic mass is 32.1. The van der Waals surface area contributed by atoms with Crippen LogP contribution >= 0.6 is 11.3 Å². The fourth-order valence-corrected chi connectivity index (χ4v) is 3.18. The zero-order valence-corrected chi connectivity index (χ0v) is 13.6. The quantitative estimate of drug-likeness (QED) is 0.751. The van der Waals surface area contributed by atoms with Gasteiger partial charge in [-0.25, -0.2) is 4.79 Å². The summed E-state index contributed by atoms with van der Waals surface area (Å²) in [5.41, 5.74) is 1.89. The van der Waals surface area contributed by atoms with Crippen molar-refractivity contribution in [2.24, 2.45) is 0 Å². The molecule has 1 aromatic carbocycles. The van der Waals surface area contributed by atoms with Crippen LogP contribution in [0.5, 0.6) is 0 Å². The minimum absolute atomic E-state index is 0.00624. The molecule has 1 unspecified atom stereocenters. The van der Waals surface area contributed by atoms with Crippen LogP contribution < -0.4 is 10.6 Å². The van der Waals surface area contributed by atoms with E-state index >= 15 is 0 Å². The van der Waals surface area contributed by atoms with Crippen LogP contribution in [-0.2, 0) is 0 Å². The van der Waals surface area contributed by atoms with Crippen molar-refractivity contribution in [1.82, 2.24) is 15.1 Å². The average molecular weight is 326 g/mol. The Balaban J connectivity index is 1.64. The molecule has 5 nitrogen and oxygen atoms in total. The monoisotopic (exact) mass is 326 g/mol. The summed E-state index contributed by atoms with van der Waals surface area (Å²) in [6, 6.07) is 13.4. The van der Waals surface area contributed by atoms with E-state index in [4.69, 9.17) is 0 Å². The number of nitrogens with one attached hydrogen (secondary N) is 2. The van der Waals surface area contributed by atoms with E-state index in [-0.39, 0.29) is 12.1 Å². The number of hydrogen-bond donors (Lipinski definition) is 2. The van der Waals surface area contributed by atoms with Crippen molar-refractivity contribution >= 4 is 23.1 Å². The van der Waals surface area contributed by atoms with Gasteiger partial charge in [0.15, 0.2) is 0 Å².